The normalized spacial score (nSPS) is 15.7. The number of hydrogen-bond donors (Lipinski definition) is 1. The molecule has 0 unspecified atom stereocenters. The van der Waals surface area contributed by atoms with Crippen LogP contribution in [0.1, 0.15) is 47.7 Å². The average Bonchev–Trinajstić information content (AvgIpc) is 3.00. The first-order valence-corrected chi connectivity index (χ1v) is 7.45. The fraction of sp³-hybridized carbons (Fsp3) is 0.500. The van der Waals surface area contributed by atoms with Crippen LogP contribution in [0.3, 0.4) is 0 Å². The Morgan fingerprint density at radius 3 is 2.90 bits per heavy atom. The molecular weight excluding hydrogens is 252 g/mol. The van der Waals surface area contributed by atoms with Crippen LogP contribution in [-0.2, 0) is 17.6 Å². The molecule has 20 heavy (non-hydrogen) atoms. The maximum absolute atomic E-state index is 12.2. The van der Waals surface area contributed by atoms with E-state index in [1.165, 1.54) is 0 Å². The highest BCUT2D eigenvalue weighted by molar-refractivity contribution is 6.05. The van der Waals surface area contributed by atoms with Crippen molar-refractivity contribution in [1.29, 1.82) is 0 Å². The Bertz CT molecular complexity index is 566. The minimum atomic E-state index is -0.0158. The van der Waals surface area contributed by atoms with Crippen molar-refractivity contribution < 1.29 is 9.59 Å². The third-order valence-electron chi connectivity index (χ3n) is 4.11. The van der Waals surface area contributed by atoms with Crippen molar-refractivity contribution in [3.63, 3.8) is 0 Å². The van der Waals surface area contributed by atoms with Gasteiger partial charge in [0.15, 0.2) is 0 Å². The molecule has 0 saturated carbocycles. The first kappa shape index (κ1) is 13.2. The van der Waals surface area contributed by atoms with Crippen LogP contribution in [0.2, 0.25) is 0 Å². The third-order valence-corrected chi connectivity index (χ3v) is 4.11. The summed E-state index contributed by atoms with van der Waals surface area (Å²) in [6, 6.07) is 3.84. The Kier molecular flexibility index (Phi) is 3.47. The maximum Gasteiger partial charge on any atom is 0.251 e. The molecule has 2 aliphatic heterocycles. The zero-order valence-electron chi connectivity index (χ0n) is 11.9. The number of nitrogens with zero attached hydrogens (tertiary/aromatic N) is 1. The summed E-state index contributed by atoms with van der Waals surface area (Å²) in [6.07, 6.45) is 4.62. The van der Waals surface area contributed by atoms with Crippen LogP contribution in [0.15, 0.2) is 12.1 Å². The lowest BCUT2D eigenvalue weighted by atomic mass is 10.0. The number of rotatable bonds is 5. The van der Waals surface area contributed by atoms with Gasteiger partial charge >= 0.3 is 0 Å². The molecule has 1 N–H and O–H groups in total. The Balaban J connectivity index is 1.75. The summed E-state index contributed by atoms with van der Waals surface area (Å²) < 4.78 is 0. The van der Waals surface area contributed by atoms with Crippen LogP contribution in [0.4, 0.5) is 5.69 Å². The molecule has 1 aromatic rings. The summed E-state index contributed by atoms with van der Waals surface area (Å²) in [4.78, 5) is 25.9. The second-order valence-electron chi connectivity index (χ2n) is 5.58. The first-order valence-electron chi connectivity index (χ1n) is 7.45. The number of unbranched alkanes of at least 4 members (excludes halogenated alkanes) is 2. The fourth-order valence-corrected chi connectivity index (χ4v) is 3.09. The number of nitrogens with one attached hydrogen (secondary N) is 1. The van der Waals surface area contributed by atoms with Crippen molar-refractivity contribution in [1.82, 2.24) is 5.32 Å². The van der Waals surface area contributed by atoms with E-state index in [9.17, 15) is 9.59 Å². The lowest BCUT2D eigenvalue weighted by molar-refractivity contribution is -0.117. The number of hydrogen-bond acceptors (Lipinski definition) is 2. The molecule has 2 amide bonds. The summed E-state index contributed by atoms with van der Waals surface area (Å²) in [5.41, 5.74) is 3.93. The molecule has 0 aliphatic carbocycles. The Morgan fingerprint density at radius 1 is 1.30 bits per heavy atom. The molecule has 2 aliphatic rings. The van der Waals surface area contributed by atoms with Gasteiger partial charge in [0.2, 0.25) is 5.91 Å². The van der Waals surface area contributed by atoms with Crippen LogP contribution in [0, 0.1) is 0 Å². The lowest BCUT2D eigenvalue weighted by Gasteiger charge is -2.10. The summed E-state index contributed by atoms with van der Waals surface area (Å²) in [5, 5.41) is 2.96. The highest BCUT2D eigenvalue weighted by Crippen LogP contribution is 2.38. The van der Waals surface area contributed by atoms with E-state index in [1.807, 2.05) is 17.0 Å². The van der Waals surface area contributed by atoms with E-state index in [2.05, 4.69) is 12.2 Å². The van der Waals surface area contributed by atoms with Gasteiger partial charge in [0, 0.05) is 18.7 Å². The van der Waals surface area contributed by atoms with Crippen LogP contribution < -0.4 is 10.2 Å². The largest absolute Gasteiger partial charge is 0.352 e. The number of carbonyl (C=O) groups excluding carboxylic acids is 2. The smallest absolute Gasteiger partial charge is 0.251 e. The van der Waals surface area contributed by atoms with Gasteiger partial charge in [-0.1, -0.05) is 19.8 Å². The molecule has 0 fully saturated rings. The van der Waals surface area contributed by atoms with E-state index in [1.54, 1.807) is 0 Å². The van der Waals surface area contributed by atoms with E-state index in [0.717, 1.165) is 55.6 Å². The predicted molar refractivity (Wildman–Crippen MR) is 78.1 cm³/mol. The van der Waals surface area contributed by atoms with Crippen molar-refractivity contribution in [3.05, 3.63) is 28.8 Å². The van der Waals surface area contributed by atoms with Crippen LogP contribution in [0.25, 0.3) is 0 Å². The third kappa shape index (κ3) is 2.19. The number of carbonyl (C=O) groups is 2. The molecule has 0 atom stereocenters. The van der Waals surface area contributed by atoms with Gasteiger partial charge in [-0.25, -0.2) is 0 Å². The molecule has 1 aromatic carbocycles. The first-order chi connectivity index (χ1) is 9.70. The molecule has 106 valence electrons. The lowest BCUT2D eigenvalue weighted by Crippen LogP contribution is -2.24. The molecule has 0 bridgehead atoms. The molecule has 0 aromatic heterocycles. The van der Waals surface area contributed by atoms with E-state index >= 15 is 0 Å². The number of benzene rings is 1. The molecule has 0 saturated heterocycles. The summed E-state index contributed by atoms with van der Waals surface area (Å²) in [6.45, 7) is 3.64. The van der Waals surface area contributed by atoms with Crippen LogP contribution >= 0.6 is 0 Å². The minimum absolute atomic E-state index is 0.0158. The molecule has 3 rings (SSSR count). The number of anilines is 1. The van der Waals surface area contributed by atoms with Crippen molar-refractivity contribution in [3.8, 4) is 0 Å². The van der Waals surface area contributed by atoms with Gasteiger partial charge in [0.25, 0.3) is 5.91 Å². The van der Waals surface area contributed by atoms with E-state index < -0.39 is 0 Å². The second-order valence-corrected chi connectivity index (χ2v) is 5.58. The molecule has 2 heterocycles. The van der Waals surface area contributed by atoms with Gasteiger partial charge in [-0.15, -0.1) is 0 Å². The van der Waals surface area contributed by atoms with Gasteiger partial charge in [0.05, 0.1) is 12.1 Å². The molecule has 4 heteroatoms. The van der Waals surface area contributed by atoms with E-state index in [4.69, 9.17) is 0 Å². The van der Waals surface area contributed by atoms with Crippen LogP contribution in [0.5, 0.6) is 0 Å². The van der Waals surface area contributed by atoms with Gasteiger partial charge in [-0.05, 0) is 36.1 Å². The average molecular weight is 272 g/mol. The topological polar surface area (TPSA) is 49.4 Å². The van der Waals surface area contributed by atoms with Gasteiger partial charge in [0.1, 0.15) is 0 Å². The Morgan fingerprint density at radius 2 is 2.10 bits per heavy atom. The van der Waals surface area contributed by atoms with Crippen molar-refractivity contribution in [2.24, 2.45) is 0 Å². The SMILES string of the molecule is CCCCCNC(=O)c1cc2c3c(c1)CC(=O)N3CC2. The zero-order chi connectivity index (χ0) is 14.1. The van der Waals surface area contributed by atoms with Crippen molar-refractivity contribution >= 4 is 17.5 Å². The summed E-state index contributed by atoms with van der Waals surface area (Å²) >= 11 is 0. The predicted octanol–water partition coefficient (Wildman–Crippen LogP) is 2.05. The summed E-state index contributed by atoms with van der Waals surface area (Å²) in [7, 11) is 0. The van der Waals surface area contributed by atoms with Gasteiger partial charge in [-0.3, -0.25) is 9.59 Å². The number of amides is 2. The van der Waals surface area contributed by atoms with Gasteiger partial charge in [-0.2, -0.15) is 0 Å². The minimum Gasteiger partial charge on any atom is -0.352 e. The molecule has 0 spiro atoms. The van der Waals surface area contributed by atoms with Crippen LogP contribution in [-0.4, -0.2) is 24.9 Å². The zero-order valence-corrected chi connectivity index (χ0v) is 11.9. The van der Waals surface area contributed by atoms with Crippen molar-refractivity contribution in [2.45, 2.75) is 39.0 Å². The van der Waals surface area contributed by atoms with Gasteiger partial charge < -0.3 is 10.2 Å². The Hall–Kier alpha value is -1.84. The molecular formula is C16H20N2O2. The summed E-state index contributed by atoms with van der Waals surface area (Å²) in [5.74, 6) is 0.150. The highest BCUT2D eigenvalue weighted by Gasteiger charge is 2.34. The Labute approximate surface area is 119 Å². The fourth-order valence-electron chi connectivity index (χ4n) is 3.09. The molecule has 4 nitrogen and oxygen atoms in total. The monoisotopic (exact) mass is 272 g/mol. The second kappa shape index (κ2) is 5.27. The van der Waals surface area contributed by atoms with Crippen molar-refractivity contribution in [2.75, 3.05) is 18.0 Å². The van der Waals surface area contributed by atoms with E-state index in [0.29, 0.717) is 12.0 Å². The highest BCUT2D eigenvalue weighted by atomic mass is 16.2. The molecule has 0 radical (unpaired) electrons. The standard InChI is InChI=1S/C16H20N2O2/c1-2-3-4-6-17-16(20)13-8-11-5-7-18-14(19)10-12(9-13)15(11)18/h8-9H,2-7,10H2,1H3,(H,17,20). The maximum atomic E-state index is 12.2. The van der Waals surface area contributed by atoms with E-state index in [-0.39, 0.29) is 11.8 Å². The quantitative estimate of drug-likeness (QED) is 0.834.